The maximum Gasteiger partial charge on any atom is 0.248 e. The first-order chi connectivity index (χ1) is 8.42. The van der Waals surface area contributed by atoms with Gasteiger partial charge in [-0.2, -0.15) is 4.98 Å². The average molecular weight is 268 g/mol. The van der Waals surface area contributed by atoms with Gasteiger partial charge in [0, 0.05) is 11.4 Å². The number of hydrogen-bond donors (Lipinski definition) is 4. The number of sulfonamides is 1. The molecule has 9 heteroatoms. The maximum absolute atomic E-state index is 11.0. The lowest BCUT2D eigenvalue weighted by molar-refractivity contribution is 0.607. The van der Waals surface area contributed by atoms with Crippen LogP contribution >= 0.6 is 0 Å². The molecule has 1 aromatic heterocycles. The molecule has 0 aliphatic carbocycles. The molecule has 0 saturated heterocycles. The van der Waals surface area contributed by atoms with E-state index >= 15 is 0 Å². The van der Waals surface area contributed by atoms with Crippen molar-refractivity contribution in [1.29, 1.82) is 0 Å². The minimum atomic E-state index is -3.26. The quantitative estimate of drug-likeness (QED) is 0.639. The summed E-state index contributed by atoms with van der Waals surface area (Å²) in [5.74, 6) is 0.559. The highest BCUT2D eigenvalue weighted by Crippen LogP contribution is 2.17. The van der Waals surface area contributed by atoms with Crippen LogP contribution in [0.2, 0.25) is 0 Å². The molecule has 1 aromatic carbocycles. The van der Waals surface area contributed by atoms with E-state index in [1.807, 2.05) is 0 Å². The number of aromatic nitrogens is 3. The summed E-state index contributed by atoms with van der Waals surface area (Å²) in [5, 5.41) is 9.21. The highest BCUT2D eigenvalue weighted by atomic mass is 32.2. The largest absolute Gasteiger partial charge is 0.368 e. The number of benzene rings is 1. The Kier molecular flexibility index (Phi) is 3.06. The van der Waals surface area contributed by atoms with Gasteiger partial charge in [-0.1, -0.05) is 0 Å². The molecular formula is C9H12N6O2S. The van der Waals surface area contributed by atoms with E-state index in [0.29, 0.717) is 17.3 Å². The summed E-state index contributed by atoms with van der Waals surface area (Å²) in [6.45, 7) is 0. The Labute approximate surface area is 104 Å². The number of nitrogen functional groups attached to an aromatic ring is 1. The summed E-state index contributed by atoms with van der Waals surface area (Å²) >= 11 is 0. The number of nitrogens with two attached hydrogens (primary N) is 1. The fraction of sp³-hybridized carbons (Fsp3) is 0.111. The van der Waals surface area contributed by atoms with Crippen LogP contribution in [0.1, 0.15) is 0 Å². The lowest BCUT2D eigenvalue weighted by Crippen LogP contribution is -2.09. The molecule has 1 heterocycles. The van der Waals surface area contributed by atoms with E-state index in [1.165, 1.54) is 0 Å². The van der Waals surface area contributed by atoms with Crippen LogP contribution in [0.4, 0.5) is 23.3 Å². The third kappa shape index (κ3) is 3.35. The minimum Gasteiger partial charge on any atom is -0.368 e. The number of anilines is 4. The lowest BCUT2D eigenvalue weighted by atomic mass is 10.3. The van der Waals surface area contributed by atoms with Gasteiger partial charge in [-0.3, -0.25) is 4.72 Å². The van der Waals surface area contributed by atoms with Crippen molar-refractivity contribution in [3.63, 3.8) is 0 Å². The van der Waals surface area contributed by atoms with E-state index in [4.69, 9.17) is 5.73 Å². The van der Waals surface area contributed by atoms with Crippen molar-refractivity contribution in [1.82, 2.24) is 15.2 Å². The van der Waals surface area contributed by atoms with E-state index < -0.39 is 10.0 Å². The van der Waals surface area contributed by atoms with Gasteiger partial charge in [-0.05, 0) is 24.3 Å². The van der Waals surface area contributed by atoms with Crippen molar-refractivity contribution in [2.75, 3.05) is 22.0 Å². The third-order valence-corrected chi connectivity index (χ3v) is 2.55. The first-order valence-electron chi connectivity index (χ1n) is 4.95. The Bertz CT molecular complexity index is 633. The zero-order valence-corrected chi connectivity index (χ0v) is 10.3. The van der Waals surface area contributed by atoms with Gasteiger partial charge in [0.2, 0.25) is 21.9 Å². The van der Waals surface area contributed by atoms with Crippen molar-refractivity contribution in [3.8, 4) is 0 Å². The summed E-state index contributed by atoms with van der Waals surface area (Å²) in [6.07, 6.45) is 1.09. The summed E-state index contributed by atoms with van der Waals surface area (Å²) in [6, 6.07) is 6.64. The van der Waals surface area contributed by atoms with Crippen molar-refractivity contribution in [2.45, 2.75) is 0 Å². The normalized spacial score (nSPS) is 11.2. The molecule has 0 bridgehead atoms. The molecule has 0 saturated carbocycles. The molecule has 5 N–H and O–H groups in total. The van der Waals surface area contributed by atoms with E-state index in [1.54, 1.807) is 24.3 Å². The van der Waals surface area contributed by atoms with Crippen molar-refractivity contribution in [3.05, 3.63) is 24.3 Å². The summed E-state index contributed by atoms with van der Waals surface area (Å²) in [5.41, 5.74) is 6.58. The van der Waals surface area contributed by atoms with Crippen LogP contribution in [0.15, 0.2) is 24.3 Å². The highest BCUT2D eigenvalue weighted by molar-refractivity contribution is 7.92. The topological polar surface area (TPSA) is 126 Å². The van der Waals surface area contributed by atoms with Crippen LogP contribution in [0, 0.1) is 0 Å². The zero-order valence-electron chi connectivity index (χ0n) is 9.51. The van der Waals surface area contributed by atoms with Crippen LogP contribution in [-0.4, -0.2) is 29.9 Å². The summed E-state index contributed by atoms with van der Waals surface area (Å²) in [7, 11) is -3.26. The summed E-state index contributed by atoms with van der Waals surface area (Å²) in [4.78, 5) is 3.88. The predicted molar refractivity (Wildman–Crippen MR) is 69.0 cm³/mol. The van der Waals surface area contributed by atoms with Gasteiger partial charge in [-0.25, -0.2) is 13.5 Å². The molecule has 0 radical (unpaired) electrons. The number of H-pyrrole nitrogens is 1. The number of nitrogens with zero attached hydrogens (tertiary/aromatic N) is 2. The molecule has 0 aliphatic rings. The number of aromatic amines is 1. The predicted octanol–water partition coefficient (Wildman–Crippen LogP) is 0.502. The number of nitrogens with one attached hydrogen (secondary N) is 3. The van der Waals surface area contributed by atoms with Gasteiger partial charge in [-0.15, -0.1) is 5.10 Å². The Morgan fingerprint density at radius 1 is 1.22 bits per heavy atom. The molecule has 0 spiro atoms. The van der Waals surface area contributed by atoms with Crippen LogP contribution in [-0.2, 0) is 10.0 Å². The van der Waals surface area contributed by atoms with Crippen LogP contribution < -0.4 is 15.8 Å². The van der Waals surface area contributed by atoms with Crippen LogP contribution in [0.3, 0.4) is 0 Å². The molecule has 2 rings (SSSR count). The smallest absolute Gasteiger partial charge is 0.248 e. The van der Waals surface area contributed by atoms with Crippen LogP contribution in [0.5, 0.6) is 0 Å². The molecule has 0 atom stereocenters. The molecule has 18 heavy (non-hydrogen) atoms. The molecule has 0 aliphatic heterocycles. The second kappa shape index (κ2) is 4.53. The average Bonchev–Trinajstić information content (AvgIpc) is 2.65. The van der Waals surface area contributed by atoms with E-state index in [9.17, 15) is 8.42 Å². The fourth-order valence-corrected chi connectivity index (χ4v) is 1.86. The Hall–Kier alpha value is -2.29. The van der Waals surface area contributed by atoms with Gasteiger partial charge in [0.1, 0.15) is 0 Å². The monoisotopic (exact) mass is 268 g/mol. The van der Waals surface area contributed by atoms with Crippen LogP contribution in [0.25, 0.3) is 0 Å². The number of rotatable bonds is 4. The second-order valence-electron chi connectivity index (χ2n) is 3.62. The van der Waals surface area contributed by atoms with Gasteiger partial charge >= 0.3 is 0 Å². The highest BCUT2D eigenvalue weighted by Gasteiger charge is 2.03. The van der Waals surface area contributed by atoms with E-state index in [2.05, 4.69) is 25.2 Å². The lowest BCUT2D eigenvalue weighted by Gasteiger charge is -2.05. The molecule has 0 unspecified atom stereocenters. The minimum absolute atomic E-state index is 0.216. The SMILES string of the molecule is CS(=O)(=O)Nc1ccc(Nc2n[nH]c(N)n2)cc1. The molecule has 0 amide bonds. The fourth-order valence-electron chi connectivity index (χ4n) is 1.29. The van der Waals surface area contributed by atoms with Gasteiger partial charge < -0.3 is 11.1 Å². The van der Waals surface area contributed by atoms with Gasteiger partial charge in [0.05, 0.1) is 6.26 Å². The summed E-state index contributed by atoms with van der Waals surface area (Å²) < 4.78 is 24.4. The first kappa shape index (κ1) is 12.2. The number of hydrogen-bond acceptors (Lipinski definition) is 6. The molecule has 0 fully saturated rings. The Morgan fingerprint density at radius 2 is 1.83 bits per heavy atom. The van der Waals surface area contributed by atoms with Crippen molar-refractivity contribution >= 4 is 33.3 Å². The van der Waals surface area contributed by atoms with Crippen molar-refractivity contribution < 1.29 is 8.42 Å². The second-order valence-corrected chi connectivity index (χ2v) is 5.37. The van der Waals surface area contributed by atoms with Gasteiger partial charge in [0.25, 0.3) is 0 Å². The standard InChI is InChI=1S/C9H12N6O2S/c1-18(16,17)15-7-4-2-6(3-5-7)11-9-12-8(10)13-14-9/h2-5,15H,1H3,(H4,10,11,12,13,14). The van der Waals surface area contributed by atoms with E-state index in [0.717, 1.165) is 6.26 Å². The van der Waals surface area contributed by atoms with Gasteiger partial charge in [0.15, 0.2) is 0 Å². The Morgan fingerprint density at radius 3 is 2.33 bits per heavy atom. The first-order valence-corrected chi connectivity index (χ1v) is 6.84. The third-order valence-electron chi connectivity index (χ3n) is 1.95. The van der Waals surface area contributed by atoms with Crippen molar-refractivity contribution in [2.24, 2.45) is 0 Å². The zero-order chi connectivity index (χ0) is 13.2. The molecule has 8 nitrogen and oxygen atoms in total. The molecule has 2 aromatic rings. The Balaban J connectivity index is 2.08. The molecular weight excluding hydrogens is 256 g/mol. The van der Waals surface area contributed by atoms with E-state index in [-0.39, 0.29) is 5.95 Å². The maximum atomic E-state index is 11.0. The molecule has 96 valence electrons.